The summed E-state index contributed by atoms with van der Waals surface area (Å²) in [7, 11) is 0. The lowest BCUT2D eigenvalue weighted by Gasteiger charge is -2.18. The first-order chi connectivity index (χ1) is 38.0. The minimum absolute atomic E-state index is 0.0807. The van der Waals surface area contributed by atoms with Crippen LogP contribution in [0.15, 0.2) is 97.2 Å². The molecular formula is C71H122O6. The largest absolute Gasteiger partial charge is 0.462 e. The molecular weight excluding hydrogens is 949 g/mol. The first kappa shape index (κ1) is 73.3. The lowest BCUT2D eigenvalue weighted by molar-refractivity contribution is -0.167. The second kappa shape index (κ2) is 64.9. The number of rotatable bonds is 59. The monoisotopic (exact) mass is 1070 g/mol. The molecule has 0 N–H and O–H groups in total. The predicted molar refractivity (Wildman–Crippen MR) is 334 cm³/mol. The zero-order valence-corrected chi connectivity index (χ0v) is 50.7. The molecule has 0 aromatic heterocycles. The van der Waals surface area contributed by atoms with Gasteiger partial charge in [-0.2, -0.15) is 0 Å². The highest BCUT2D eigenvalue weighted by Gasteiger charge is 2.19. The van der Waals surface area contributed by atoms with Crippen molar-refractivity contribution in [1.29, 1.82) is 0 Å². The number of hydrogen-bond acceptors (Lipinski definition) is 6. The highest BCUT2D eigenvalue weighted by molar-refractivity contribution is 5.71. The molecule has 77 heavy (non-hydrogen) atoms. The van der Waals surface area contributed by atoms with Crippen molar-refractivity contribution in [2.75, 3.05) is 13.2 Å². The summed E-state index contributed by atoms with van der Waals surface area (Å²) >= 11 is 0. The molecule has 0 heterocycles. The molecule has 1 atom stereocenters. The normalized spacial score (nSPS) is 12.7. The molecule has 0 bridgehead atoms. The van der Waals surface area contributed by atoms with Crippen molar-refractivity contribution in [2.45, 2.75) is 322 Å². The van der Waals surface area contributed by atoms with Crippen LogP contribution < -0.4 is 0 Å². The second-order valence-corrected chi connectivity index (χ2v) is 21.6. The number of unbranched alkanes of at least 4 members (excludes halogenated alkanes) is 32. The summed E-state index contributed by atoms with van der Waals surface area (Å²) in [5, 5.41) is 0. The molecule has 1 unspecified atom stereocenters. The number of carbonyl (C=O) groups is 3. The van der Waals surface area contributed by atoms with Gasteiger partial charge in [-0.15, -0.1) is 0 Å². The molecule has 0 fully saturated rings. The van der Waals surface area contributed by atoms with Gasteiger partial charge in [0.25, 0.3) is 0 Å². The van der Waals surface area contributed by atoms with E-state index < -0.39 is 6.10 Å². The molecule has 0 aromatic carbocycles. The third-order valence-corrected chi connectivity index (χ3v) is 14.1. The van der Waals surface area contributed by atoms with Gasteiger partial charge < -0.3 is 14.2 Å². The molecule has 0 rings (SSSR count). The SMILES string of the molecule is CC/C=C\C/C=C\C/C=C\C/C=C\C/C=C\CCCCCCCCCCCCCC(=O)OCC(COC(=O)CCCCCCCCCCCCCCC)OC(=O)CCCCCCCC/C=C\C/C=C\C/C=C\CCCCC. The van der Waals surface area contributed by atoms with Gasteiger partial charge >= 0.3 is 17.9 Å². The van der Waals surface area contributed by atoms with Crippen molar-refractivity contribution in [3.05, 3.63) is 97.2 Å². The van der Waals surface area contributed by atoms with E-state index in [1.807, 2.05) is 0 Å². The molecule has 0 aliphatic carbocycles. The van der Waals surface area contributed by atoms with E-state index in [1.165, 1.54) is 161 Å². The molecule has 0 aliphatic rings. The Bertz CT molecular complexity index is 1510. The topological polar surface area (TPSA) is 78.9 Å². The van der Waals surface area contributed by atoms with Crippen LogP contribution in [0.1, 0.15) is 316 Å². The zero-order valence-electron chi connectivity index (χ0n) is 50.7. The second-order valence-electron chi connectivity index (χ2n) is 21.6. The molecule has 442 valence electrons. The number of esters is 3. The van der Waals surface area contributed by atoms with Crippen LogP contribution in [0.2, 0.25) is 0 Å². The van der Waals surface area contributed by atoms with Crippen LogP contribution in [0.25, 0.3) is 0 Å². The van der Waals surface area contributed by atoms with E-state index in [-0.39, 0.29) is 31.1 Å². The summed E-state index contributed by atoms with van der Waals surface area (Å²) in [6.45, 7) is 6.51. The molecule has 0 saturated heterocycles. The van der Waals surface area contributed by atoms with E-state index in [2.05, 4.69) is 118 Å². The Morgan fingerprint density at radius 1 is 0.273 bits per heavy atom. The van der Waals surface area contributed by atoms with Gasteiger partial charge in [-0.1, -0.05) is 291 Å². The summed E-state index contributed by atoms with van der Waals surface area (Å²) in [5.41, 5.74) is 0. The quantitative estimate of drug-likeness (QED) is 0.0261. The third kappa shape index (κ3) is 63.0. The molecule has 0 spiro atoms. The Balaban J connectivity index is 4.32. The van der Waals surface area contributed by atoms with Crippen molar-refractivity contribution in [1.82, 2.24) is 0 Å². The maximum absolute atomic E-state index is 12.9. The van der Waals surface area contributed by atoms with Gasteiger partial charge in [0.2, 0.25) is 0 Å². The molecule has 0 aromatic rings. The van der Waals surface area contributed by atoms with Crippen LogP contribution in [0, 0.1) is 0 Å². The average molecular weight is 1070 g/mol. The lowest BCUT2D eigenvalue weighted by Crippen LogP contribution is -2.30. The molecule has 6 heteroatoms. The highest BCUT2D eigenvalue weighted by atomic mass is 16.6. The van der Waals surface area contributed by atoms with Crippen molar-refractivity contribution < 1.29 is 28.6 Å². The average Bonchev–Trinajstić information content (AvgIpc) is 3.43. The first-order valence-corrected chi connectivity index (χ1v) is 32.7. The van der Waals surface area contributed by atoms with E-state index in [1.54, 1.807) is 0 Å². The molecule has 0 saturated carbocycles. The van der Waals surface area contributed by atoms with Gasteiger partial charge in [0, 0.05) is 19.3 Å². The highest BCUT2D eigenvalue weighted by Crippen LogP contribution is 2.16. The predicted octanol–water partition coefficient (Wildman–Crippen LogP) is 22.4. The van der Waals surface area contributed by atoms with Crippen LogP contribution in [-0.2, 0) is 28.6 Å². The van der Waals surface area contributed by atoms with Crippen molar-refractivity contribution in [2.24, 2.45) is 0 Å². The standard InChI is InChI=1S/C71H122O6/c1-4-7-10-13-16-19-22-25-27-29-31-32-33-34-35-36-37-38-40-41-43-46-49-52-55-58-61-64-70(73)76-67-68(66-75-69(72)63-60-57-54-51-48-45-24-21-18-15-12-9-6-3)77-71(74)65-62-59-56-53-50-47-44-42-39-30-28-26-23-20-17-14-11-8-5-2/h7,10,16-17,19-20,25-28,31-32,34-35,39,42,68H,4-6,8-9,11-15,18,21-24,29-30,33,36-38,40-41,43-67H2,1-3H3/b10-7-,19-16-,20-17-,27-25-,28-26-,32-31-,35-34-,42-39-. The summed E-state index contributed by atoms with van der Waals surface area (Å²) in [6.07, 6.45) is 86.9. The molecule has 0 radical (unpaired) electrons. The maximum Gasteiger partial charge on any atom is 0.306 e. The Hall–Kier alpha value is -3.67. The summed E-state index contributed by atoms with van der Waals surface area (Å²) in [4.78, 5) is 38.3. The number of hydrogen-bond donors (Lipinski definition) is 0. The van der Waals surface area contributed by atoms with Gasteiger partial charge in [-0.25, -0.2) is 0 Å². The minimum Gasteiger partial charge on any atom is -0.462 e. The Morgan fingerprint density at radius 3 is 0.818 bits per heavy atom. The Kier molecular flexibility index (Phi) is 61.8. The van der Waals surface area contributed by atoms with Gasteiger partial charge in [0.1, 0.15) is 13.2 Å². The fraction of sp³-hybridized carbons (Fsp3) is 0.732. The van der Waals surface area contributed by atoms with E-state index >= 15 is 0 Å². The summed E-state index contributed by atoms with van der Waals surface area (Å²) in [6, 6.07) is 0. The van der Waals surface area contributed by atoms with Gasteiger partial charge in [0.15, 0.2) is 6.10 Å². The Morgan fingerprint density at radius 2 is 0.506 bits per heavy atom. The van der Waals surface area contributed by atoms with Gasteiger partial charge in [-0.05, 0) is 103 Å². The van der Waals surface area contributed by atoms with Crippen LogP contribution in [-0.4, -0.2) is 37.2 Å². The van der Waals surface area contributed by atoms with E-state index in [0.29, 0.717) is 19.3 Å². The molecule has 6 nitrogen and oxygen atoms in total. The number of allylic oxidation sites excluding steroid dienone is 16. The third-order valence-electron chi connectivity index (χ3n) is 14.1. The van der Waals surface area contributed by atoms with Crippen molar-refractivity contribution >= 4 is 17.9 Å². The summed E-state index contributed by atoms with van der Waals surface area (Å²) < 4.78 is 16.9. The lowest BCUT2D eigenvalue weighted by atomic mass is 10.0. The Labute approximate surface area is 477 Å². The number of carbonyl (C=O) groups excluding carboxylic acids is 3. The smallest absolute Gasteiger partial charge is 0.306 e. The van der Waals surface area contributed by atoms with Crippen LogP contribution in [0.5, 0.6) is 0 Å². The molecule has 0 amide bonds. The maximum atomic E-state index is 12.9. The van der Waals surface area contributed by atoms with Crippen molar-refractivity contribution in [3.63, 3.8) is 0 Å². The first-order valence-electron chi connectivity index (χ1n) is 32.7. The van der Waals surface area contributed by atoms with Crippen LogP contribution in [0.3, 0.4) is 0 Å². The van der Waals surface area contributed by atoms with E-state index in [4.69, 9.17) is 14.2 Å². The fourth-order valence-electron chi connectivity index (χ4n) is 9.18. The van der Waals surface area contributed by atoms with Crippen molar-refractivity contribution in [3.8, 4) is 0 Å². The number of ether oxygens (including phenoxy) is 3. The zero-order chi connectivity index (χ0) is 55.7. The van der Waals surface area contributed by atoms with Crippen LogP contribution >= 0.6 is 0 Å². The fourth-order valence-corrected chi connectivity index (χ4v) is 9.18. The molecule has 0 aliphatic heterocycles. The summed E-state index contributed by atoms with van der Waals surface area (Å²) in [5.74, 6) is -0.884. The van der Waals surface area contributed by atoms with Gasteiger partial charge in [-0.3, -0.25) is 14.4 Å². The van der Waals surface area contributed by atoms with E-state index in [9.17, 15) is 14.4 Å². The van der Waals surface area contributed by atoms with E-state index in [0.717, 1.165) is 116 Å². The minimum atomic E-state index is -0.786. The van der Waals surface area contributed by atoms with Gasteiger partial charge in [0.05, 0.1) is 0 Å². The van der Waals surface area contributed by atoms with Crippen LogP contribution in [0.4, 0.5) is 0 Å².